The number of likely N-dealkylation sites (tertiary alicyclic amines) is 1. The van der Waals surface area contributed by atoms with Gasteiger partial charge in [0.2, 0.25) is 0 Å². The molecule has 21 heavy (non-hydrogen) atoms. The molecular weight excluding hydrogens is 348 g/mol. The number of benzene rings is 1. The van der Waals surface area contributed by atoms with Crippen molar-refractivity contribution in [3.05, 3.63) is 33.3 Å². The van der Waals surface area contributed by atoms with Gasteiger partial charge in [0.15, 0.2) is 0 Å². The van der Waals surface area contributed by atoms with Crippen molar-refractivity contribution in [3.63, 3.8) is 0 Å². The average molecular weight is 372 g/mol. The number of hydrogen-bond donors (Lipinski definition) is 1. The van der Waals surface area contributed by atoms with E-state index in [1.54, 1.807) is 0 Å². The van der Waals surface area contributed by atoms with E-state index >= 15 is 0 Å². The standard InChI is InChI=1S/C17H24BrClN2/c18-14-10-13(7-8-15(14)19)17(11-20)21-9-3-6-16(21)12-4-1-2-5-12/h7-8,10,12,16-17H,1-6,9,11,20H2. The highest BCUT2D eigenvalue weighted by molar-refractivity contribution is 9.10. The third-order valence-corrected chi connectivity index (χ3v) is 6.45. The van der Waals surface area contributed by atoms with Crippen LogP contribution < -0.4 is 5.73 Å². The molecule has 2 fully saturated rings. The van der Waals surface area contributed by atoms with E-state index in [0.29, 0.717) is 12.6 Å². The molecule has 1 heterocycles. The van der Waals surface area contributed by atoms with Gasteiger partial charge in [-0.15, -0.1) is 0 Å². The van der Waals surface area contributed by atoms with Crippen LogP contribution >= 0.6 is 27.5 Å². The predicted molar refractivity (Wildman–Crippen MR) is 92.6 cm³/mol. The predicted octanol–water partition coefficient (Wildman–Crippen LogP) is 4.76. The van der Waals surface area contributed by atoms with Gasteiger partial charge in [0, 0.05) is 23.1 Å². The van der Waals surface area contributed by atoms with Crippen LogP contribution in [0.5, 0.6) is 0 Å². The molecule has 0 amide bonds. The van der Waals surface area contributed by atoms with Crippen molar-refractivity contribution in [3.8, 4) is 0 Å². The number of nitrogens with two attached hydrogens (primary N) is 1. The van der Waals surface area contributed by atoms with E-state index in [1.165, 1.54) is 50.6 Å². The van der Waals surface area contributed by atoms with E-state index in [0.717, 1.165) is 21.5 Å². The van der Waals surface area contributed by atoms with Crippen LogP contribution in [0.15, 0.2) is 22.7 Å². The van der Waals surface area contributed by atoms with Crippen molar-refractivity contribution in [1.29, 1.82) is 0 Å². The van der Waals surface area contributed by atoms with E-state index in [9.17, 15) is 0 Å². The average Bonchev–Trinajstić information content (AvgIpc) is 3.14. The summed E-state index contributed by atoms with van der Waals surface area (Å²) >= 11 is 9.67. The van der Waals surface area contributed by atoms with Crippen molar-refractivity contribution in [2.75, 3.05) is 13.1 Å². The first kappa shape index (κ1) is 15.8. The van der Waals surface area contributed by atoms with Gasteiger partial charge in [-0.25, -0.2) is 0 Å². The van der Waals surface area contributed by atoms with Crippen molar-refractivity contribution < 1.29 is 0 Å². The fraction of sp³-hybridized carbons (Fsp3) is 0.647. The second-order valence-corrected chi connectivity index (χ2v) is 7.68. The van der Waals surface area contributed by atoms with Crippen molar-refractivity contribution in [1.82, 2.24) is 4.90 Å². The summed E-state index contributed by atoms with van der Waals surface area (Å²) in [5.74, 6) is 0.886. The molecule has 1 aromatic rings. The Kier molecular flexibility index (Phi) is 5.26. The molecule has 0 spiro atoms. The van der Waals surface area contributed by atoms with Gasteiger partial charge in [0.25, 0.3) is 0 Å². The molecule has 1 aromatic carbocycles. The Bertz CT molecular complexity index is 488. The van der Waals surface area contributed by atoms with E-state index in [1.807, 2.05) is 6.07 Å². The maximum Gasteiger partial charge on any atom is 0.0548 e. The van der Waals surface area contributed by atoms with E-state index < -0.39 is 0 Å². The van der Waals surface area contributed by atoms with E-state index in [2.05, 4.69) is 33.0 Å². The molecule has 1 saturated heterocycles. The van der Waals surface area contributed by atoms with Crippen LogP contribution in [0, 0.1) is 5.92 Å². The summed E-state index contributed by atoms with van der Waals surface area (Å²) in [6, 6.07) is 7.31. The van der Waals surface area contributed by atoms with Crippen LogP contribution in [-0.2, 0) is 0 Å². The first-order valence-corrected chi connectivity index (χ1v) is 9.28. The largest absolute Gasteiger partial charge is 0.329 e. The minimum Gasteiger partial charge on any atom is -0.329 e. The van der Waals surface area contributed by atoms with Crippen LogP contribution in [0.1, 0.15) is 50.1 Å². The lowest BCUT2D eigenvalue weighted by Crippen LogP contribution is -2.40. The van der Waals surface area contributed by atoms with Gasteiger partial charge in [0.1, 0.15) is 0 Å². The highest BCUT2D eigenvalue weighted by Gasteiger charge is 2.36. The minimum atomic E-state index is 0.326. The number of nitrogens with zero attached hydrogens (tertiary/aromatic N) is 1. The highest BCUT2D eigenvalue weighted by atomic mass is 79.9. The smallest absolute Gasteiger partial charge is 0.0548 e. The zero-order valence-electron chi connectivity index (χ0n) is 12.4. The van der Waals surface area contributed by atoms with Crippen molar-refractivity contribution in [2.24, 2.45) is 11.7 Å². The zero-order valence-corrected chi connectivity index (χ0v) is 14.7. The molecule has 2 unspecified atom stereocenters. The lowest BCUT2D eigenvalue weighted by Gasteiger charge is -2.36. The maximum atomic E-state index is 6.14. The molecule has 1 aliphatic carbocycles. The molecule has 2 aliphatic rings. The Morgan fingerprint density at radius 1 is 1.24 bits per heavy atom. The Balaban J connectivity index is 1.82. The molecule has 2 atom stereocenters. The monoisotopic (exact) mass is 370 g/mol. The topological polar surface area (TPSA) is 29.3 Å². The first-order chi connectivity index (χ1) is 10.2. The number of rotatable bonds is 4. The molecule has 116 valence electrons. The SMILES string of the molecule is NCC(c1ccc(Cl)c(Br)c1)N1CCCC1C1CCCC1. The lowest BCUT2D eigenvalue weighted by atomic mass is 9.94. The Labute approximate surface area is 141 Å². The van der Waals surface area contributed by atoms with Crippen LogP contribution in [0.2, 0.25) is 5.02 Å². The summed E-state index contributed by atoms with van der Waals surface area (Å²) < 4.78 is 0.969. The summed E-state index contributed by atoms with van der Waals surface area (Å²) in [5, 5.41) is 0.767. The molecule has 0 radical (unpaired) electrons. The van der Waals surface area contributed by atoms with Crippen LogP contribution in [0.4, 0.5) is 0 Å². The van der Waals surface area contributed by atoms with Crippen molar-refractivity contribution in [2.45, 2.75) is 50.6 Å². The number of hydrogen-bond acceptors (Lipinski definition) is 2. The molecule has 0 aromatic heterocycles. The van der Waals surface area contributed by atoms with Crippen LogP contribution in [0.25, 0.3) is 0 Å². The Morgan fingerprint density at radius 2 is 2.00 bits per heavy atom. The molecule has 2 nitrogen and oxygen atoms in total. The van der Waals surface area contributed by atoms with Gasteiger partial charge in [-0.2, -0.15) is 0 Å². The second-order valence-electron chi connectivity index (χ2n) is 6.42. The molecule has 1 saturated carbocycles. The number of halogens is 2. The molecular formula is C17H24BrClN2. The summed E-state index contributed by atoms with van der Waals surface area (Å²) in [7, 11) is 0. The molecule has 4 heteroatoms. The molecule has 1 aliphatic heterocycles. The van der Waals surface area contributed by atoms with Gasteiger partial charge in [0.05, 0.1) is 5.02 Å². The first-order valence-electron chi connectivity index (χ1n) is 8.11. The van der Waals surface area contributed by atoms with Gasteiger partial charge in [-0.05, 0) is 71.8 Å². The molecule has 0 bridgehead atoms. The second kappa shape index (κ2) is 6.99. The summed E-state index contributed by atoms with van der Waals surface area (Å²) in [6.45, 7) is 1.86. The summed E-state index contributed by atoms with van der Waals surface area (Å²) in [5.41, 5.74) is 7.43. The Morgan fingerprint density at radius 3 is 2.67 bits per heavy atom. The van der Waals surface area contributed by atoms with Crippen LogP contribution in [-0.4, -0.2) is 24.0 Å². The zero-order chi connectivity index (χ0) is 14.8. The van der Waals surface area contributed by atoms with E-state index in [-0.39, 0.29) is 0 Å². The molecule has 2 N–H and O–H groups in total. The Hall–Kier alpha value is -0.0900. The summed E-state index contributed by atoms with van der Waals surface area (Å²) in [4.78, 5) is 2.67. The van der Waals surface area contributed by atoms with Crippen molar-refractivity contribution >= 4 is 27.5 Å². The lowest BCUT2D eigenvalue weighted by molar-refractivity contribution is 0.138. The molecule has 3 rings (SSSR count). The maximum absolute atomic E-state index is 6.14. The van der Waals surface area contributed by atoms with Gasteiger partial charge in [-0.3, -0.25) is 4.90 Å². The third-order valence-electron chi connectivity index (χ3n) is 5.24. The fourth-order valence-corrected chi connectivity index (χ4v) is 4.75. The van der Waals surface area contributed by atoms with Gasteiger partial charge in [-0.1, -0.05) is 30.5 Å². The quantitative estimate of drug-likeness (QED) is 0.827. The van der Waals surface area contributed by atoms with Gasteiger partial charge >= 0.3 is 0 Å². The highest BCUT2D eigenvalue weighted by Crippen LogP contribution is 2.39. The summed E-state index contributed by atoms with van der Waals surface area (Å²) in [6.07, 6.45) is 8.29. The van der Waals surface area contributed by atoms with E-state index in [4.69, 9.17) is 17.3 Å². The minimum absolute atomic E-state index is 0.326. The third kappa shape index (κ3) is 3.31. The fourth-order valence-electron chi connectivity index (χ4n) is 4.23. The normalized spacial score (nSPS) is 25.6. The van der Waals surface area contributed by atoms with Crippen LogP contribution in [0.3, 0.4) is 0 Å². The van der Waals surface area contributed by atoms with Gasteiger partial charge < -0.3 is 5.73 Å².